The number of benzene rings is 2. The highest BCUT2D eigenvalue weighted by molar-refractivity contribution is 6.01. The number of nitrogens with zero attached hydrogens (tertiary/aromatic N) is 2. The number of para-hydroxylation sites is 1. The zero-order chi connectivity index (χ0) is 29.1. The number of amides is 6. The second-order valence-corrected chi connectivity index (χ2v) is 8.84. The smallest absolute Gasteiger partial charge is 0.323 e. The maximum Gasteiger partial charge on any atom is 0.323 e. The van der Waals surface area contributed by atoms with Crippen molar-refractivity contribution in [2.75, 3.05) is 44.9 Å². The van der Waals surface area contributed by atoms with Crippen LogP contribution in [0.3, 0.4) is 0 Å². The minimum absolute atomic E-state index is 0.0425. The molecule has 2 aromatic carbocycles. The van der Waals surface area contributed by atoms with Gasteiger partial charge in [0.05, 0.1) is 25.6 Å². The van der Waals surface area contributed by atoms with Gasteiger partial charge in [-0.1, -0.05) is 24.3 Å². The van der Waals surface area contributed by atoms with Crippen LogP contribution in [0.25, 0.3) is 0 Å². The highest BCUT2D eigenvalue weighted by Gasteiger charge is 2.23. The number of urea groups is 2. The molecule has 0 aliphatic carbocycles. The van der Waals surface area contributed by atoms with Crippen LogP contribution in [0, 0.1) is 6.92 Å². The summed E-state index contributed by atoms with van der Waals surface area (Å²) in [6, 6.07) is 9.88. The Kier molecular flexibility index (Phi) is 11.1. The molecule has 13 heteroatoms. The number of rotatable bonds is 12. The second-order valence-electron chi connectivity index (χ2n) is 8.84. The molecule has 6 N–H and O–H groups in total. The lowest BCUT2D eigenvalue weighted by atomic mass is 10.1. The van der Waals surface area contributed by atoms with Gasteiger partial charge in [-0.3, -0.25) is 14.4 Å². The number of carboxylic acid groups (broad SMARTS) is 1. The number of likely N-dealkylation sites (N-methyl/N-ethyl adjacent to an activating group) is 2. The molecule has 0 radical (unpaired) electrons. The maximum atomic E-state index is 12.7. The third-order valence-corrected chi connectivity index (χ3v) is 5.83. The molecule has 39 heavy (non-hydrogen) atoms. The molecule has 1 atom stereocenters. The Morgan fingerprint density at radius 1 is 0.974 bits per heavy atom. The van der Waals surface area contributed by atoms with Crippen molar-refractivity contribution in [1.82, 2.24) is 15.1 Å². The van der Waals surface area contributed by atoms with Crippen LogP contribution in [0.4, 0.5) is 21.0 Å². The Balaban J connectivity index is 1.91. The van der Waals surface area contributed by atoms with Crippen molar-refractivity contribution >= 4 is 41.2 Å². The van der Waals surface area contributed by atoms with Crippen LogP contribution in [-0.2, 0) is 20.8 Å². The van der Waals surface area contributed by atoms with E-state index in [0.717, 1.165) is 5.56 Å². The Hall–Kier alpha value is -4.81. The van der Waals surface area contributed by atoms with E-state index in [1.807, 2.05) is 25.1 Å². The topological polar surface area (TPSA) is 183 Å². The molecule has 2 aromatic rings. The highest BCUT2D eigenvalue weighted by atomic mass is 16.5. The minimum Gasteiger partial charge on any atom is -0.495 e. The molecule has 0 heterocycles. The number of nitrogens with one attached hydrogen (secondary N) is 3. The number of carboxylic acids is 1. The van der Waals surface area contributed by atoms with Gasteiger partial charge in [-0.05, 0) is 36.2 Å². The van der Waals surface area contributed by atoms with Crippen molar-refractivity contribution in [3.8, 4) is 5.75 Å². The number of anilines is 2. The van der Waals surface area contributed by atoms with Gasteiger partial charge in [0, 0.05) is 32.9 Å². The molecule has 0 aromatic heterocycles. The number of hydrogen-bond donors (Lipinski definition) is 5. The number of ether oxygens (including phenoxy) is 1. The lowest BCUT2D eigenvalue weighted by Crippen LogP contribution is -2.51. The third kappa shape index (κ3) is 9.54. The monoisotopic (exact) mass is 542 g/mol. The van der Waals surface area contributed by atoms with E-state index in [0.29, 0.717) is 22.7 Å². The lowest BCUT2D eigenvalue weighted by Gasteiger charge is -2.24. The van der Waals surface area contributed by atoms with Gasteiger partial charge >= 0.3 is 18.0 Å². The van der Waals surface area contributed by atoms with E-state index in [1.165, 1.54) is 24.0 Å². The van der Waals surface area contributed by atoms with E-state index in [9.17, 15) is 24.0 Å². The average Bonchev–Trinajstić information content (AvgIpc) is 2.88. The van der Waals surface area contributed by atoms with Gasteiger partial charge in [-0.15, -0.1) is 0 Å². The van der Waals surface area contributed by atoms with Gasteiger partial charge in [0.2, 0.25) is 11.8 Å². The summed E-state index contributed by atoms with van der Waals surface area (Å²) >= 11 is 0. The van der Waals surface area contributed by atoms with Crippen LogP contribution in [0.15, 0.2) is 42.5 Å². The van der Waals surface area contributed by atoms with Crippen LogP contribution in [0.5, 0.6) is 5.75 Å². The number of aryl methyl sites for hydroxylation is 1. The molecule has 210 valence electrons. The molecule has 13 nitrogen and oxygen atoms in total. The fourth-order valence-corrected chi connectivity index (χ4v) is 3.43. The Morgan fingerprint density at radius 3 is 2.23 bits per heavy atom. The van der Waals surface area contributed by atoms with Crippen LogP contribution in [0.1, 0.15) is 17.5 Å². The van der Waals surface area contributed by atoms with Crippen LogP contribution >= 0.6 is 0 Å². The zero-order valence-electron chi connectivity index (χ0n) is 22.3. The minimum atomic E-state index is -1.35. The van der Waals surface area contributed by atoms with Crippen molar-refractivity contribution in [2.45, 2.75) is 25.8 Å². The van der Waals surface area contributed by atoms with Crippen molar-refractivity contribution in [1.29, 1.82) is 0 Å². The van der Waals surface area contributed by atoms with Crippen molar-refractivity contribution in [3.05, 3.63) is 53.6 Å². The molecule has 0 saturated heterocycles. The number of hydrogen-bond acceptors (Lipinski definition) is 6. The molecule has 0 spiro atoms. The fraction of sp³-hybridized carbons (Fsp3) is 0.346. The first-order valence-corrected chi connectivity index (χ1v) is 12.0. The normalized spacial score (nSPS) is 11.1. The van der Waals surface area contributed by atoms with E-state index in [4.69, 9.17) is 15.6 Å². The summed E-state index contributed by atoms with van der Waals surface area (Å²) in [5.41, 5.74) is 7.81. The molecule has 6 amide bonds. The molecule has 1 unspecified atom stereocenters. The van der Waals surface area contributed by atoms with Gasteiger partial charge in [-0.2, -0.15) is 0 Å². The van der Waals surface area contributed by atoms with Gasteiger partial charge in [0.1, 0.15) is 11.8 Å². The molecule has 0 aliphatic rings. The van der Waals surface area contributed by atoms with Crippen molar-refractivity contribution in [2.24, 2.45) is 5.73 Å². The quantitative estimate of drug-likeness (QED) is 0.270. The SMILES string of the molecule is COc1cc(CC(=O)N(C)CCN(C)C(=O)NC(CC(=O)O)C(N)=O)ccc1NC(=O)Nc1ccccc1C. The summed E-state index contributed by atoms with van der Waals surface area (Å²) in [4.78, 5) is 62.3. The number of aliphatic carboxylic acids is 1. The Morgan fingerprint density at radius 2 is 1.62 bits per heavy atom. The van der Waals surface area contributed by atoms with Gasteiger partial charge < -0.3 is 41.3 Å². The predicted molar refractivity (Wildman–Crippen MR) is 145 cm³/mol. The highest BCUT2D eigenvalue weighted by Crippen LogP contribution is 2.26. The molecular formula is C26H34N6O7. The predicted octanol–water partition coefficient (Wildman–Crippen LogP) is 1.62. The molecule has 0 aliphatic heterocycles. The first kappa shape index (κ1) is 30.4. The first-order valence-electron chi connectivity index (χ1n) is 12.0. The molecule has 0 bridgehead atoms. The average molecular weight is 543 g/mol. The molecule has 2 rings (SSSR count). The van der Waals surface area contributed by atoms with E-state index in [1.54, 1.807) is 31.3 Å². The summed E-state index contributed by atoms with van der Waals surface area (Å²) in [7, 11) is 4.48. The van der Waals surface area contributed by atoms with Gasteiger partial charge in [0.15, 0.2) is 0 Å². The third-order valence-electron chi connectivity index (χ3n) is 5.83. The standard InChI is InChI=1S/C26H34N6O7/c1-16-7-5-6-8-18(16)28-25(37)29-19-10-9-17(13-21(19)39-4)14-22(33)31(2)11-12-32(3)26(38)30-20(24(27)36)15-23(34)35/h5-10,13,20H,11-12,14-15H2,1-4H3,(H2,27,36)(H,30,38)(H,34,35)(H2,28,29,37). The molecule has 0 fully saturated rings. The number of carbonyl (C=O) groups excluding carboxylic acids is 4. The zero-order valence-corrected chi connectivity index (χ0v) is 22.3. The number of carbonyl (C=O) groups is 5. The number of primary amides is 1. The van der Waals surface area contributed by atoms with E-state index >= 15 is 0 Å². The Labute approximate surface area is 226 Å². The molecular weight excluding hydrogens is 508 g/mol. The largest absolute Gasteiger partial charge is 0.495 e. The summed E-state index contributed by atoms with van der Waals surface area (Å²) in [5, 5.41) is 16.6. The van der Waals surface area contributed by atoms with Gasteiger partial charge in [-0.25, -0.2) is 9.59 Å². The van der Waals surface area contributed by atoms with E-state index in [2.05, 4.69) is 16.0 Å². The van der Waals surface area contributed by atoms with Crippen LogP contribution in [0.2, 0.25) is 0 Å². The lowest BCUT2D eigenvalue weighted by molar-refractivity contribution is -0.139. The fourth-order valence-electron chi connectivity index (χ4n) is 3.43. The number of nitrogens with two attached hydrogens (primary N) is 1. The summed E-state index contributed by atoms with van der Waals surface area (Å²) in [6.45, 7) is 2.18. The number of methoxy groups -OCH3 is 1. The second kappa shape index (κ2) is 14.2. The van der Waals surface area contributed by atoms with E-state index < -0.39 is 36.4 Å². The molecule has 0 saturated carbocycles. The summed E-state index contributed by atoms with van der Waals surface area (Å²) in [5.74, 6) is -2.09. The van der Waals surface area contributed by atoms with Crippen molar-refractivity contribution < 1.29 is 33.8 Å². The summed E-state index contributed by atoms with van der Waals surface area (Å²) < 4.78 is 5.39. The maximum absolute atomic E-state index is 12.7. The van der Waals surface area contributed by atoms with E-state index in [-0.39, 0.29) is 25.4 Å². The van der Waals surface area contributed by atoms with Crippen molar-refractivity contribution in [3.63, 3.8) is 0 Å². The van der Waals surface area contributed by atoms with Crippen LogP contribution in [-0.4, -0.2) is 85.1 Å². The van der Waals surface area contributed by atoms with Gasteiger partial charge in [0.25, 0.3) is 0 Å². The summed E-state index contributed by atoms with van der Waals surface area (Å²) in [6.07, 6.45) is -0.594. The van der Waals surface area contributed by atoms with Crippen LogP contribution < -0.4 is 26.4 Å². The Bertz CT molecular complexity index is 1220. The first-order chi connectivity index (χ1) is 18.4.